The molecule has 0 aliphatic heterocycles. The van der Waals surface area contributed by atoms with Gasteiger partial charge in [-0.1, -0.05) is 39.8 Å². The molecule has 1 atom stereocenters. The largest absolute Gasteiger partial charge is 0.395 e. The van der Waals surface area contributed by atoms with Crippen molar-refractivity contribution in [2.24, 2.45) is 5.92 Å². The zero-order valence-electron chi connectivity index (χ0n) is 11.9. The van der Waals surface area contributed by atoms with E-state index in [1.54, 1.807) is 12.1 Å². The van der Waals surface area contributed by atoms with Gasteiger partial charge in [-0.3, -0.25) is 0 Å². The lowest BCUT2D eigenvalue weighted by Crippen LogP contribution is -2.41. The molecule has 0 saturated heterocycles. The molecule has 0 bridgehead atoms. The normalized spacial score (nSPS) is 14.1. The van der Waals surface area contributed by atoms with Gasteiger partial charge < -0.3 is 5.11 Å². The van der Waals surface area contributed by atoms with Crippen LogP contribution in [0.1, 0.15) is 39.2 Å². The van der Waals surface area contributed by atoms with Crippen LogP contribution in [-0.4, -0.2) is 26.2 Å². The third-order valence-electron chi connectivity index (χ3n) is 3.17. The van der Waals surface area contributed by atoms with Gasteiger partial charge in [-0.2, -0.15) is 0 Å². The second kappa shape index (κ2) is 6.50. The second-order valence-electron chi connectivity index (χ2n) is 5.38. The number of nitrogens with one attached hydrogen (secondary N) is 1. The Kier molecular flexibility index (Phi) is 5.52. The number of hydrogen-bond donors (Lipinski definition) is 2. The lowest BCUT2D eigenvalue weighted by atomic mass is 10.0. The summed E-state index contributed by atoms with van der Waals surface area (Å²) in [5.41, 5.74) is 1.10. The van der Waals surface area contributed by atoms with Crippen LogP contribution in [-0.2, 0) is 10.0 Å². The van der Waals surface area contributed by atoms with Gasteiger partial charge in [0.1, 0.15) is 0 Å². The van der Waals surface area contributed by atoms with Gasteiger partial charge in [0.2, 0.25) is 10.0 Å². The Bertz CT molecular complexity index is 492. The van der Waals surface area contributed by atoms with Crippen LogP contribution in [0.3, 0.4) is 0 Å². The molecular weight excluding hydrogens is 262 g/mol. The average Bonchev–Trinajstić information content (AvgIpc) is 2.35. The highest BCUT2D eigenvalue weighted by Crippen LogP contribution is 2.18. The molecule has 0 heterocycles. The van der Waals surface area contributed by atoms with E-state index in [1.807, 2.05) is 26.0 Å². The van der Waals surface area contributed by atoms with Crippen LogP contribution in [0.5, 0.6) is 0 Å². The fourth-order valence-corrected chi connectivity index (χ4v) is 3.06. The number of rotatable bonds is 6. The maximum absolute atomic E-state index is 12.2. The Morgan fingerprint density at radius 3 is 2.00 bits per heavy atom. The third-order valence-corrected chi connectivity index (χ3v) is 4.67. The minimum atomic E-state index is -3.57. The highest BCUT2D eigenvalue weighted by Gasteiger charge is 2.21. The molecule has 0 aromatic heterocycles. The molecule has 1 aromatic rings. The maximum atomic E-state index is 12.2. The molecule has 4 nitrogen and oxygen atoms in total. The molecule has 5 heteroatoms. The first kappa shape index (κ1) is 16.1. The van der Waals surface area contributed by atoms with Crippen LogP contribution in [0.4, 0.5) is 0 Å². The first-order valence-electron chi connectivity index (χ1n) is 6.51. The van der Waals surface area contributed by atoms with Gasteiger partial charge in [0.05, 0.1) is 11.5 Å². The summed E-state index contributed by atoms with van der Waals surface area (Å²) >= 11 is 0. The zero-order valence-corrected chi connectivity index (χ0v) is 12.7. The SMILES string of the molecule is CC(C)c1ccc(S(=O)(=O)NC(CO)C(C)C)cc1. The van der Waals surface area contributed by atoms with Crippen LogP contribution in [0.15, 0.2) is 29.2 Å². The second-order valence-corrected chi connectivity index (χ2v) is 7.09. The highest BCUT2D eigenvalue weighted by atomic mass is 32.2. The molecule has 0 aliphatic rings. The molecule has 0 radical (unpaired) electrons. The summed E-state index contributed by atoms with van der Waals surface area (Å²) in [5, 5.41) is 9.20. The van der Waals surface area contributed by atoms with E-state index >= 15 is 0 Å². The Hall–Kier alpha value is -0.910. The van der Waals surface area contributed by atoms with E-state index in [2.05, 4.69) is 18.6 Å². The van der Waals surface area contributed by atoms with E-state index in [4.69, 9.17) is 0 Å². The molecule has 0 fully saturated rings. The number of benzene rings is 1. The van der Waals surface area contributed by atoms with E-state index in [1.165, 1.54) is 0 Å². The lowest BCUT2D eigenvalue weighted by Gasteiger charge is -2.20. The summed E-state index contributed by atoms with van der Waals surface area (Å²) in [7, 11) is -3.57. The van der Waals surface area contributed by atoms with Crippen molar-refractivity contribution in [3.63, 3.8) is 0 Å². The van der Waals surface area contributed by atoms with Crippen molar-refractivity contribution in [2.75, 3.05) is 6.61 Å². The molecule has 2 N–H and O–H groups in total. The molecule has 108 valence electrons. The van der Waals surface area contributed by atoms with E-state index in [-0.39, 0.29) is 17.4 Å². The van der Waals surface area contributed by atoms with Crippen LogP contribution >= 0.6 is 0 Å². The van der Waals surface area contributed by atoms with E-state index < -0.39 is 16.1 Å². The van der Waals surface area contributed by atoms with Gasteiger partial charge in [-0.15, -0.1) is 0 Å². The first-order chi connectivity index (χ1) is 8.77. The number of sulfonamides is 1. The molecule has 1 rings (SSSR count). The standard InChI is InChI=1S/C14H23NO3S/c1-10(2)12-5-7-13(8-6-12)19(17,18)15-14(9-16)11(3)4/h5-8,10-11,14-16H,9H2,1-4H3. The number of aliphatic hydroxyl groups is 1. The summed E-state index contributed by atoms with van der Waals surface area (Å²) < 4.78 is 26.9. The van der Waals surface area contributed by atoms with Crippen molar-refractivity contribution in [3.05, 3.63) is 29.8 Å². The fraction of sp³-hybridized carbons (Fsp3) is 0.571. The number of aliphatic hydroxyl groups excluding tert-OH is 1. The topological polar surface area (TPSA) is 66.4 Å². The van der Waals surface area contributed by atoms with Gasteiger partial charge >= 0.3 is 0 Å². The Balaban J connectivity index is 2.94. The summed E-state index contributed by atoms with van der Waals surface area (Å²) in [6, 6.07) is 6.39. The van der Waals surface area contributed by atoms with Crippen LogP contribution in [0.25, 0.3) is 0 Å². The third kappa shape index (κ3) is 4.30. The van der Waals surface area contributed by atoms with Crippen molar-refractivity contribution in [1.82, 2.24) is 4.72 Å². The average molecular weight is 285 g/mol. The van der Waals surface area contributed by atoms with Crippen LogP contribution < -0.4 is 4.72 Å². The summed E-state index contributed by atoms with van der Waals surface area (Å²) in [6.45, 7) is 7.64. The molecule has 0 saturated carbocycles. The van der Waals surface area contributed by atoms with Gasteiger partial charge in [0.15, 0.2) is 0 Å². The maximum Gasteiger partial charge on any atom is 0.240 e. The zero-order chi connectivity index (χ0) is 14.6. The van der Waals surface area contributed by atoms with Crippen molar-refractivity contribution in [1.29, 1.82) is 0 Å². The van der Waals surface area contributed by atoms with Crippen LogP contribution in [0, 0.1) is 5.92 Å². The summed E-state index contributed by atoms with van der Waals surface area (Å²) in [5.74, 6) is 0.403. The predicted molar refractivity (Wildman–Crippen MR) is 76.6 cm³/mol. The van der Waals surface area contributed by atoms with Gasteiger partial charge in [0.25, 0.3) is 0 Å². The quantitative estimate of drug-likeness (QED) is 0.841. The van der Waals surface area contributed by atoms with Crippen molar-refractivity contribution >= 4 is 10.0 Å². The van der Waals surface area contributed by atoms with Gasteiger partial charge in [-0.25, -0.2) is 13.1 Å². The van der Waals surface area contributed by atoms with Crippen molar-refractivity contribution in [3.8, 4) is 0 Å². The molecule has 0 spiro atoms. The minimum absolute atomic E-state index is 0.0368. The number of hydrogen-bond acceptors (Lipinski definition) is 3. The van der Waals surface area contributed by atoms with Crippen molar-refractivity contribution in [2.45, 2.75) is 44.6 Å². The molecule has 19 heavy (non-hydrogen) atoms. The van der Waals surface area contributed by atoms with Crippen molar-refractivity contribution < 1.29 is 13.5 Å². The smallest absolute Gasteiger partial charge is 0.240 e. The van der Waals surface area contributed by atoms with E-state index in [9.17, 15) is 13.5 Å². The molecule has 0 amide bonds. The van der Waals surface area contributed by atoms with E-state index in [0.29, 0.717) is 5.92 Å². The highest BCUT2D eigenvalue weighted by molar-refractivity contribution is 7.89. The predicted octanol–water partition coefficient (Wildman–Crippen LogP) is 2.11. The van der Waals surface area contributed by atoms with Gasteiger partial charge in [-0.05, 0) is 29.5 Å². The minimum Gasteiger partial charge on any atom is -0.395 e. The van der Waals surface area contributed by atoms with Gasteiger partial charge in [0, 0.05) is 6.04 Å². The lowest BCUT2D eigenvalue weighted by molar-refractivity contribution is 0.227. The molecule has 0 aliphatic carbocycles. The monoisotopic (exact) mass is 285 g/mol. The first-order valence-corrected chi connectivity index (χ1v) is 7.99. The Labute approximate surface area is 115 Å². The Morgan fingerprint density at radius 2 is 1.63 bits per heavy atom. The molecule has 1 unspecified atom stereocenters. The van der Waals surface area contributed by atoms with E-state index in [0.717, 1.165) is 5.56 Å². The van der Waals surface area contributed by atoms with Crippen LogP contribution in [0.2, 0.25) is 0 Å². The molecular formula is C14H23NO3S. The molecule has 1 aromatic carbocycles. The Morgan fingerprint density at radius 1 is 1.11 bits per heavy atom. The summed E-state index contributed by atoms with van der Waals surface area (Å²) in [4.78, 5) is 0.232. The summed E-state index contributed by atoms with van der Waals surface area (Å²) in [6.07, 6.45) is 0. The fourth-order valence-electron chi connectivity index (χ4n) is 1.68.